The third-order valence-corrected chi connectivity index (χ3v) is 5.14. The van der Waals surface area contributed by atoms with Crippen LogP contribution in [0.3, 0.4) is 0 Å². The van der Waals surface area contributed by atoms with Crippen molar-refractivity contribution in [1.29, 1.82) is 0 Å². The molecule has 1 fully saturated rings. The van der Waals surface area contributed by atoms with Crippen molar-refractivity contribution in [2.24, 2.45) is 11.7 Å². The fourth-order valence-electron chi connectivity index (χ4n) is 2.14. The van der Waals surface area contributed by atoms with Crippen molar-refractivity contribution < 1.29 is 13.2 Å². The highest BCUT2D eigenvalue weighted by atomic mass is 35.5. The van der Waals surface area contributed by atoms with Gasteiger partial charge < -0.3 is 10.5 Å². The van der Waals surface area contributed by atoms with E-state index in [2.05, 4.69) is 4.72 Å². The summed E-state index contributed by atoms with van der Waals surface area (Å²) in [7, 11) is -3.54. The minimum atomic E-state index is -3.54. The van der Waals surface area contributed by atoms with Crippen LogP contribution in [0, 0.1) is 5.92 Å². The molecule has 3 N–H and O–H groups in total. The molecule has 0 aromatic heterocycles. The number of rotatable bonds is 5. The quantitative estimate of drug-likeness (QED) is 0.862. The molecule has 0 saturated carbocycles. The molecule has 5 nitrogen and oxygen atoms in total. The number of ether oxygens (including phenoxy) is 1. The van der Waals surface area contributed by atoms with Crippen LogP contribution in [-0.4, -0.2) is 28.2 Å². The highest BCUT2D eigenvalue weighted by Crippen LogP contribution is 2.21. The van der Waals surface area contributed by atoms with Crippen molar-refractivity contribution in [1.82, 2.24) is 4.72 Å². The molecule has 1 saturated heterocycles. The number of benzene rings is 1. The van der Waals surface area contributed by atoms with Crippen LogP contribution in [0.2, 0.25) is 5.02 Å². The molecule has 0 aliphatic carbocycles. The largest absolute Gasteiger partial charge is 0.381 e. The van der Waals surface area contributed by atoms with Gasteiger partial charge in [-0.1, -0.05) is 17.7 Å². The monoisotopic (exact) mass is 318 g/mol. The molecular weight excluding hydrogens is 300 g/mol. The van der Waals surface area contributed by atoms with Crippen molar-refractivity contribution in [2.75, 3.05) is 19.8 Å². The summed E-state index contributed by atoms with van der Waals surface area (Å²) in [6.07, 6.45) is 1.96. The van der Waals surface area contributed by atoms with Crippen LogP contribution >= 0.6 is 11.6 Å². The zero-order chi connectivity index (χ0) is 14.6. The zero-order valence-electron chi connectivity index (χ0n) is 11.1. The number of nitrogens with two attached hydrogens (primary N) is 1. The minimum absolute atomic E-state index is 0.163. The van der Waals surface area contributed by atoms with Crippen molar-refractivity contribution in [2.45, 2.75) is 24.3 Å². The average molecular weight is 319 g/mol. The lowest BCUT2D eigenvalue weighted by molar-refractivity contribution is 0.0568. The summed E-state index contributed by atoms with van der Waals surface area (Å²) in [5.74, 6) is 0.234. The Balaban J connectivity index is 2.04. The van der Waals surface area contributed by atoms with E-state index in [1.165, 1.54) is 12.1 Å². The van der Waals surface area contributed by atoms with Crippen LogP contribution < -0.4 is 10.5 Å². The van der Waals surface area contributed by atoms with Gasteiger partial charge in [0.15, 0.2) is 0 Å². The summed E-state index contributed by atoms with van der Waals surface area (Å²) in [6, 6.07) is 4.60. The lowest BCUT2D eigenvalue weighted by Gasteiger charge is -2.22. The van der Waals surface area contributed by atoms with Crippen LogP contribution in [0.1, 0.15) is 18.4 Å². The molecule has 0 radical (unpaired) electrons. The van der Waals surface area contributed by atoms with Crippen LogP contribution in [0.4, 0.5) is 0 Å². The van der Waals surface area contributed by atoms with E-state index in [9.17, 15) is 8.42 Å². The van der Waals surface area contributed by atoms with Crippen LogP contribution in [0.15, 0.2) is 23.1 Å². The second kappa shape index (κ2) is 6.87. The number of nitrogens with one attached hydrogen (secondary N) is 1. The van der Waals surface area contributed by atoms with Crippen molar-refractivity contribution >= 4 is 21.6 Å². The molecule has 7 heteroatoms. The van der Waals surface area contributed by atoms with E-state index in [4.69, 9.17) is 22.1 Å². The third kappa shape index (κ3) is 3.93. The van der Waals surface area contributed by atoms with Gasteiger partial charge in [-0.3, -0.25) is 0 Å². The van der Waals surface area contributed by atoms with Crippen molar-refractivity contribution in [3.05, 3.63) is 28.8 Å². The summed E-state index contributed by atoms with van der Waals surface area (Å²) in [5, 5.41) is 0.372. The first-order chi connectivity index (χ1) is 9.53. The molecule has 1 aliphatic rings. The standard InChI is InChI=1S/C13H19ClN2O3S/c14-13-6-12(4-3-11(13)7-15)20(17,18)16-8-10-2-1-5-19-9-10/h3-4,6,10,16H,1-2,5,7-9,15H2. The smallest absolute Gasteiger partial charge is 0.240 e. The molecule has 1 aromatic rings. The van der Waals surface area contributed by atoms with Crippen molar-refractivity contribution in [3.63, 3.8) is 0 Å². The Bertz CT molecular complexity index is 557. The van der Waals surface area contributed by atoms with E-state index in [0.717, 1.165) is 25.0 Å². The van der Waals surface area contributed by atoms with Gasteiger partial charge in [0.05, 0.1) is 11.5 Å². The van der Waals surface area contributed by atoms with Gasteiger partial charge in [-0.15, -0.1) is 0 Å². The molecule has 1 unspecified atom stereocenters. The molecular formula is C13H19ClN2O3S. The van der Waals surface area contributed by atoms with Gasteiger partial charge in [0.2, 0.25) is 10.0 Å². The molecule has 1 aliphatic heterocycles. The molecule has 0 bridgehead atoms. The molecule has 0 spiro atoms. The Morgan fingerprint density at radius 1 is 1.45 bits per heavy atom. The SMILES string of the molecule is NCc1ccc(S(=O)(=O)NCC2CCCOC2)cc1Cl. The molecule has 1 aromatic carbocycles. The van der Waals surface area contributed by atoms with Gasteiger partial charge in [-0.05, 0) is 36.5 Å². The first-order valence-electron chi connectivity index (χ1n) is 6.59. The molecule has 1 heterocycles. The van der Waals surface area contributed by atoms with Gasteiger partial charge in [0, 0.05) is 24.7 Å². The maximum atomic E-state index is 12.2. The van der Waals surface area contributed by atoms with Crippen molar-refractivity contribution in [3.8, 4) is 0 Å². The fraction of sp³-hybridized carbons (Fsp3) is 0.538. The zero-order valence-corrected chi connectivity index (χ0v) is 12.7. The predicted molar refractivity (Wildman–Crippen MR) is 78.1 cm³/mol. The Morgan fingerprint density at radius 3 is 2.85 bits per heavy atom. The fourth-order valence-corrected chi connectivity index (χ4v) is 3.60. The van der Waals surface area contributed by atoms with E-state index < -0.39 is 10.0 Å². The number of sulfonamides is 1. The van der Waals surface area contributed by atoms with E-state index in [-0.39, 0.29) is 17.4 Å². The third-order valence-electron chi connectivity index (χ3n) is 3.37. The topological polar surface area (TPSA) is 81.4 Å². The summed E-state index contributed by atoms with van der Waals surface area (Å²) < 4.78 is 32.3. The molecule has 2 rings (SSSR count). The highest BCUT2D eigenvalue weighted by molar-refractivity contribution is 7.89. The van der Waals surface area contributed by atoms with Crippen LogP contribution in [0.25, 0.3) is 0 Å². The van der Waals surface area contributed by atoms with Gasteiger partial charge in [-0.2, -0.15) is 0 Å². The first kappa shape index (κ1) is 15.7. The number of hydrogen-bond donors (Lipinski definition) is 2. The summed E-state index contributed by atoms with van der Waals surface area (Å²) >= 11 is 5.99. The summed E-state index contributed by atoms with van der Waals surface area (Å²) in [4.78, 5) is 0.163. The second-order valence-corrected chi connectivity index (χ2v) is 7.07. The molecule has 0 amide bonds. The maximum Gasteiger partial charge on any atom is 0.240 e. The van der Waals surface area contributed by atoms with E-state index in [1.54, 1.807) is 6.07 Å². The summed E-state index contributed by atoms with van der Waals surface area (Å²) in [5.41, 5.74) is 6.23. The predicted octanol–water partition coefficient (Wildman–Crippen LogP) is 1.50. The Kier molecular flexibility index (Phi) is 5.40. The number of halogens is 1. The Hall–Kier alpha value is -0.660. The van der Waals surface area contributed by atoms with Crippen LogP contribution in [0.5, 0.6) is 0 Å². The van der Waals surface area contributed by atoms with Gasteiger partial charge in [0.25, 0.3) is 0 Å². The van der Waals surface area contributed by atoms with Gasteiger partial charge in [0.1, 0.15) is 0 Å². The first-order valence-corrected chi connectivity index (χ1v) is 8.45. The Labute approximate surface area is 124 Å². The van der Waals surface area contributed by atoms with E-state index >= 15 is 0 Å². The lowest BCUT2D eigenvalue weighted by Crippen LogP contribution is -2.33. The van der Waals surface area contributed by atoms with E-state index in [1.807, 2.05) is 0 Å². The molecule has 112 valence electrons. The molecule has 20 heavy (non-hydrogen) atoms. The summed E-state index contributed by atoms with van der Waals surface area (Å²) in [6.45, 7) is 2.04. The average Bonchev–Trinajstić information content (AvgIpc) is 2.46. The lowest BCUT2D eigenvalue weighted by atomic mass is 10.0. The number of hydrogen-bond acceptors (Lipinski definition) is 4. The minimum Gasteiger partial charge on any atom is -0.381 e. The maximum absolute atomic E-state index is 12.2. The second-order valence-electron chi connectivity index (χ2n) is 4.89. The highest BCUT2D eigenvalue weighted by Gasteiger charge is 2.19. The van der Waals surface area contributed by atoms with Gasteiger partial charge >= 0.3 is 0 Å². The van der Waals surface area contributed by atoms with E-state index in [0.29, 0.717) is 18.2 Å². The Morgan fingerprint density at radius 2 is 2.25 bits per heavy atom. The molecule has 1 atom stereocenters. The van der Waals surface area contributed by atoms with Gasteiger partial charge in [-0.25, -0.2) is 13.1 Å². The van der Waals surface area contributed by atoms with Crippen LogP contribution in [-0.2, 0) is 21.3 Å². The normalized spacial score (nSPS) is 20.0.